The van der Waals surface area contributed by atoms with Gasteiger partial charge >= 0.3 is 5.69 Å². The number of benzene rings is 2. The topological polar surface area (TPSA) is 101 Å². The molecule has 0 bridgehead atoms. The molecule has 144 valence electrons. The first kappa shape index (κ1) is 18.1. The lowest BCUT2D eigenvalue weighted by Crippen LogP contribution is -2.87. The van der Waals surface area contributed by atoms with Crippen LogP contribution >= 0.6 is 0 Å². The van der Waals surface area contributed by atoms with Crippen LogP contribution in [-0.4, -0.2) is 27.8 Å². The molecule has 4 N–H and O–H groups in total. The molecule has 7 heteroatoms. The van der Waals surface area contributed by atoms with Crippen molar-refractivity contribution < 1.29 is 15.2 Å². The Morgan fingerprint density at radius 1 is 1.18 bits per heavy atom. The highest BCUT2D eigenvalue weighted by atomic mass is 16.5. The summed E-state index contributed by atoms with van der Waals surface area (Å²) in [5.74, 6) is 0.328. The number of hydrogen-bond acceptors (Lipinski definition) is 4. The second-order valence-electron chi connectivity index (χ2n) is 6.71. The molecule has 0 aliphatic carbocycles. The molecule has 0 unspecified atom stereocenters. The Kier molecular flexibility index (Phi) is 4.75. The van der Waals surface area contributed by atoms with E-state index in [0.29, 0.717) is 18.0 Å². The van der Waals surface area contributed by atoms with Crippen LogP contribution in [0.25, 0.3) is 5.69 Å². The van der Waals surface area contributed by atoms with Gasteiger partial charge in [0.1, 0.15) is 17.4 Å². The van der Waals surface area contributed by atoms with Gasteiger partial charge in [0.05, 0.1) is 18.8 Å². The van der Waals surface area contributed by atoms with Gasteiger partial charge in [0.15, 0.2) is 0 Å². The Hall–Kier alpha value is -3.32. The molecular weight excluding hydrogens is 358 g/mol. The monoisotopic (exact) mass is 380 g/mol. The molecule has 1 aliphatic heterocycles. The highest BCUT2D eigenvalue weighted by Gasteiger charge is 2.31. The number of nitrogens with one attached hydrogen (secondary N) is 1. The van der Waals surface area contributed by atoms with Gasteiger partial charge in [0.25, 0.3) is 5.56 Å². The maximum Gasteiger partial charge on any atom is 0.335 e. The van der Waals surface area contributed by atoms with E-state index in [0.717, 1.165) is 28.7 Å². The van der Waals surface area contributed by atoms with Crippen LogP contribution in [0.3, 0.4) is 0 Å². The summed E-state index contributed by atoms with van der Waals surface area (Å²) >= 11 is 0. The molecular formula is C21H22N3O4+. The van der Waals surface area contributed by atoms with Crippen molar-refractivity contribution in [3.05, 3.63) is 86.1 Å². The molecule has 0 spiro atoms. The molecule has 2 aromatic carbocycles. The number of nitrogens with two attached hydrogens (primary N) is 1. The first-order valence-corrected chi connectivity index (χ1v) is 9.32. The van der Waals surface area contributed by atoms with Gasteiger partial charge in [0, 0.05) is 12.0 Å². The summed E-state index contributed by atoms with van der Waals surface area (Å²) in [6.07, 6.45) is 0.893. The van der Waals surface area contributed by atoms with E-state index in [2.05, 4.69) is 4.98 Å². The number of aromatic amines is 1. The molecule has 28 heavy (non-hydrogen) atoms. The van der Waals surface area contributed by atoms with Crippen molar-refractivity contribution >= 4 is 0 Å². The molecule has 0 amide bonds. The molecule has 1 atom stereocenters. The zero-order chi connectivity index (χ0) is 19.7. The van der Waals surface area contributed by atoms with Crippen molar-refractivity contribution in [2.24, 2.45) is 0 Å². The third-order valence-electron chi connectivity index (χ3n) is 5.04. The van der Waals surface area contributed by atoms with Crippen LogP contribution in [0.5, 0.6) is 11.6 Å². The predicted octanol–water partition coefficient (Wildman–Crippen LogP) is 0.839. The van der Waals surface area contributed by atoms with Gasteiger partial charge in [0.2, 0.25) is 5.88 Å². The summed E-state index contributed by atoms with van der Waals surface area (Å²) in [6, 6.07) is 14.3. The van der Waals surface area contributed by atoms with E-state index in [1.807, 2.05) is 36.5 Å². The van der Waals surface area contributed by atoms with Crippen LogP contribution in [0.15, 0.2) is 58.1 Å². The van der Waals surface area contributed by atoms with Crippen LogP contribution < -0.4 is 21.3 Å². The lowest BCUT2D eigenvalue weighted by Gasteiger charge is -2.24. The molecule has 0 fully saturated rings. The Morgan fingerprint density at radius 3 is 2.68 bits per heavy atom. The summed E-state index contributed by atoms with van der Waals surface area (Å²) < 4.78 is 6.54. The number of ether oxygens (including phenoxy) is 1. The zero-order valence-electron chi connectivity index (χ0n) is 15.5. The fourth-order valence-corrected chi connectivity index (χ4v) is 3.79. The van der Waals surface area contributed by atoms with Gasteiger partial charge < -0.3 is 15.2 Å². The number of aromatic nitrogens is 2. The molecule has 1 aromatic heterocycles. The Balaban J connectivity index is 1.86. The van der Waals surface area contributed by atoms with E-state index in [1.54, 1.807) is 24.3 Å². The van der Waals surface area contributed by atoms with Gasteiger partial charge in [-0.05, 0) is 36.8 Å². The number of fused-ring (bicyclic) bond motifs is 1. The Morgan fingerprint density at radius 2 is 1.93 bits per heavy atom. The fourth-order valence-electron chi connectivity index (χ4n) is 3.79. The first-order chi connectivity index (χ1) is 13.6. The quantitative estimate of drug-likeness (QED) is 0.624. The van der Waals surface area contributed by atoms with Crippen molar-refractivity contribution in [2.75, 3.05) is 13.2 Å². The highest BCUT2D eigenvalue weighted by Crippen LogP contribution is 2.28. The van der Waals surface area contributed by atoms with Crippen LogP contribution in [0.4, 0.5) is 0 Å². The number of nitrogens with zero attached hydrogens (tertiary/aromatic N) is 1. The summed E-state index contributed by atoms with van der Waals surface area (Å²) in [5.41, 5.74) is 1.51. The van der Waals surface area contributed by atoms with Crippen molar-refractivity contribution in [1.82, 2.24) is 9.55 Å². The van der Waals surface area contributed by atoms with E-state index in [1.165, 1.54) is 0 Å². The van der Waals surface area contributed by atoms with E-state index in [-0.39, 0.29) is 17.5 Å². The minimum atomic E-state index is -0.681. The molecule has 0 saturated heterocycles. The van der Waals surface area contributed by atoms with Crippen LogP contribution in [0.2, 0.25) is 0 Å². The van der Waals surface area contributed by atoms with Crippen LogP contribution in [0.1, 0.15) is 29.7 Å². The number of rotatable bonds is 4. The number of quaternary nitrogens is 1. The molecule has 3 aromatic rings. The maximum atomic E-state index is 12.6. The third-order valence-corrected chi connectivity index (χ3v) is 5.04. The van der Waals surface area contributed by atoms with Crippen molar-refractivity contribution in [1.29, 1.82) is 0 Å². The minimum Gasteiger partial charge on any atom is -0.494 e. The number of H-pyrrole nitrogens is 1. The van der Waals surface area contributed by atoms with Gasteiger partial charge in [-0.3, -0.25) is 9.78 Å². The minimum absolute atomic E-state index is 0.181. The number of hydrogen-bond donors (Lipinski definition) is 3. The van der Waals surface area contributed by atoms with Gasteiger partial charge in [-0.2, -0.15) is 0 Å². The predicted molar refractivity (Wildman–Crippen MR) is 104 cm³/mol. The molecule has 0 radical (unpaired) electrons. The molecule has 7 nitrogen and oxygen atoms in total. The summed E-state index contributed by atoms with van der Waals surface area (Å²) in [6.45, 7) is 3.21. The van der Waals surface area contributed by atoms with E-state index < -0.39 is 11.2 Å². The molecule has 2 heterocycles. The van der Waals surface area contributed by atoms with Crippen LogP contribution in [0, 0.1) is 0 Å². The maximum absolute atomic E-state index is 12.6. The summed E-state index contributed by atoms with van der Waals surface area (Å²) in [4.78, 5) is 27.4. The lowest BCUT2D eigenvalue weighted by molar-refractivity contribution is -0.690. The molecule has 4 rings (SSSR count). The van der Waals surface area contributed by atoms with Gasteiger partial charge in [-0.25, -0.2) is 9.36 Å². The van der Waals surface area contributed by atoms with E-state index in [4.69, 9.17) is 4.74 Å². The smallest absolute Gasteiger partial charge is 0.335 e. The van der Waals surface area contributed by atoms with Gasteiger partial charge in [-0.1, -0.05) is 24.3 Å². The van der Waals surface area contributed by atoms with Crippen molar-refractivity contribution in [3.8, 4) is 17.3 Å². The van der Waals surface area contributed by atoms with Crippen molar-refractivity contribution in [3.63, 3.8) is 0 Å². The van der Waals surface area contributed by atoms with E-state index >= 15 is 0 Å². The zero-order valence-corrected chi connectivity index (χ0v) is 15.5. The average Bonchev–Trinajstić information content (AvgIpc) is 2.69. The summed E-state index contributed by atoms with van der Waals surface area (Å²) in [7, 11) is 0. The SMILES string of the molecule is CCOc1ccc(-n2c(O)c([C@H]3[NH2+]CCc4ccccc43)c(=O)[nH]c2=O)cc1. The molecule has 1 aliphatic rings. The average molecular weight is 380 g/mol. The second kappa shape index (κ2) is 7.36. The highest BCUT2D eigenvalue weighted by molar-refractivity contribution is 5.45. The normalized spacial score (nSPS) is 15.8. The summed E-state index contributed by atoms with van der Waals surface area (Å²) in [5, 5.41) is 13.0. The number of aromatic hydroxyl groups is 1. The largest absolute Gasteiger partial charge is 0.494 e. The first-order valence-electron chi connectivity index (χ1n) is 9.32. The van der Waals surface area contributed by atoms with Gasteiger partial charge in [-0.15, -0.1) is 0 Å². The fraction of sp³-hybridized carbons (Fsp3) is 0.238. The van der Waals surface area contributed by atoms with Crippen LogP contribution in [-0.2, 0) is 6.42 Å². The van der Waals surface area contributed by atoms with E-state index in [9.17, 15) is 14.7 Å². The third kappa shape index (κ3) is 3.10. The van der Waals surface area contributed by atoms with Crippen molar-refractivity contribution in [2.45, 2.75) is 19.4 Å². The Labute approximate surface area is 161 Å². The molecule has 0 saturated carbocycles. The lowest BCUT2D eigenvalue weighted by atomic mass is 9.90. The Bertz CT molecular complexity index is 1120. The second-order valence-corrected chi connectivity index (χ2v) is 6.71. The standard InChI is InChI=1S/C21H21N3O4/c1-2-28-15-9-7-14(8-10-15)24-20(26)17(19(25)23-21(24)27)18-16-6-4-3-5-13(16)11-12-22-18/h3-10,18,22,26H,2,11-12H2,1H3,(H,23,25,27)/p+1/t18-/m0/s1.